The molecule has 0 spiro atoms. The van der Waals surface area contributed by atoms with Crippen LogP contribution in [0.5, 0.6) is 5.75 Å². The number of hydrogen-bond acceptors (Lipinski definition) is 6. The summed E-state index contributed by atoms with van der Waals surface area (Å²) in [6, 6.07) is 5.64. The molecule has 1 unspecified atom stereocenters. The summed E-state index contributed by atoms with van der Waals surface area (Å²) in [7, 11) is 1.78. The highest BCUT2D eigenvalue weighted by atomic mass is 16.5. The maximum absolute atomic E-state index is 13.6. The average Bonchev–Trinajstić information content (AvgIpc) is 3.62. The van der Waals surface area contributed by atoms with E-state index < -0.39 is 11.9 Å². The Bertz CT molecular complexity index is 1020. The number of urea groups is 1. The number of rotatable bonds is 14. The number of carboxylic acids is 1. The van der Waals surface area contributed by atoms with Gasteiger partial charge in [0.2, 0.25) is 5.91 Å². The third-order valence-corrected chi connectivity index (χ3v) is 8.53. The summed E-state index contributed by atoms with van der Waals surface area (Å²) < 4.78 is 5.67. The van der Waals surface area contributed by atoms with Crippen molar-refractivity contribution in [2.75, 3.05) is 66.0 Å². The Balaban J connectivity index is 1.56. The van der Waals surface area contributed by atoms with Crippen LogP contribution in [0, 0.1) is 5.92 Å². The lowest BCUT2D eigenvalue weighted by atomic mass is 9.83. The van der Waals surface area contributed by atoms with E-state index in [4.69, 9.17) is 10.5 Å². The van der Waals surface area contributed by atoms with Gasteiger partial charge in [0.15, 0.2) is 0 Å². The monoisotopic (exact) mass is 543 g/mol. The highest BCUT2D eigenvalue weighted by molar-refractivity contribution is 5.79. The number of hydrogen-bond donors (Lipinski definition) is 2. The fraction of sp³-hybridized carbons (Fsp3) is 0.690. The number of nitrogens with two attached hydrogens (primary N) is 1. The number of carbonyl (C=O) groups excluding carboxylic acids is 2. The second kappa shape index (κ2) is 13.5. The SMILES string of the molecule is CCCCN(CCCCN)C(=O)CN1C[C@H](c2ccc3c(c2)CCO3)C(C(=O)O)[C@@H]1CCN1CCN(C)C1=O. The number of likely N-dealkylation sites (tertiary alicyclic amines) is 1. The van der Waals surface area contributed by atoms with Crippen molar-refractivity contribution in [1.29, 1.82) is 0 Å². The fourth-order valence-corrected chi connectivity index (χ4v) is 6.26. The molecule has 0 radical (unpaired) electrons. The van der Waals surface area contributed by atoms with E-state index in [1.54, 1.807) is 16.8 Å². The van der Waals surface area contributed by atoms with Gasteiger partial charge in [0.25, 0.3) is 0 Å². The van der Waals surface area contributed by atoms with E-state index in [9.17, 15) is 19.5 Å². The minimum Gasteiger partial charge on any atom is -0.493 e. The summed E-state index contributed by atoms with van der Waals surface area (Å²) >= 11 is 0. The number of likely N-dealkylation sites (N-methyl/N-ethyl adjacent to an activating group) is 1. The van der Waals surface area contributed by atoms with Gasteiger partial charge in [-0.2, -0.15) is 0 Å². The molecule has 39 heavy (non-hydrogen) atoms. The minimum atomic E-state index is -0.854. The zero-order valence-corrected chi connectivity index (χ0v) is 23.5. The van der Waals surface area contributed by atoms with Crippen molar-refractivity contribution in [3.63, 3.8) is 0 Å². The molecule has 0 bridgehead atoms. The van der Waals surface area contributed by atoms with Gasteiger partial charge in [-0.3, -0.25) is 14.5 Å². The number of ether oxygens (including phenoxy) is 1. The molecule has 216 valence electrons. The van der Waals surface area contributed by atoms with Gasteiger partial charge in [-0.1, -0.05) is 25.5 Å². The molecule has 10 nitrogen and oxygen atoms in total. The summed E-state index contributed by atoms with van der Waals surface area (Å²) in [6.07, 6.45) is 4.98. The van der Waals surface area contributed by atoms with Gasteiger partial charge in [0, 0.05) is 64.7 Å². The molecule has 3 atom stereocenters. The van der Waals surface area contributed by atoms with Crippen LogP contribution in [0.15, 0.2) is 18.2 Å². The van der Waals surface area contributed by atoms with Gasteiger partial charge >= 0.3 is 12.0 Å². The molecule has 2 saturated heterocycles. The molecule has 0 saturated carbocycles. The maximum atomic E-state index is 13.6. The second-order valence-corrected chi connectivity index (χ2v) is 11.1. The molecule has 1 aromatic carbocycles. The Morgan fingerprint density at radius 3 is 2.67 bits per heavy atom. The van der Waals surface area contributed by atoms with Gasteiger partial charge in [-0.25, -0.2) is 4.79 Å². The van der Waals surface area contributed by atoms with Gasteiger partial charge in [-0.15, -0.1) is 0 Å². The smallest absolute Gasteiger partial charge is 0.319 e. The van der Waals surface area contributed by atoms with E-state index in [2.05, 4.69) is 17.9 Å². The fourth-order valence-electron chi connectivity index (χ4n) is 6.26. The quantitative estimate of drug-likeness (QED) is 0.345. The third-order valence-electron chi connectivity index (χ3n) is 8.53. The molecule has 3 amide bonds. The molecule has 1 aromatic rings. The standard InChI is InChI=1S/C29H45N5O5/c1-3-4-12-32(13-6-5-11-30)26(35)20-34-19-23(21-7-8-25-22(18-21)10-17-39-25)27(28(36)37)24(34)9-14-33-16-15-31(2)29(33)38/h7-8,18,23-24,27H,3-6,9-17,19-20,30H2,1-2H3,(H,36,37)/t23-,24+,27?/m1/s1. The predicted octanol–water partition coefficient (Wildman–Crippen LogP) is 2.22. The summed E-state index contributed by atoms with van der Waals surface area (Å²) in [4.78, 5) is 46.4. The Morgan fingerprint density at radius 1 is 1.18 bits per heavy atom. The van der Waals surface area contributed by atoms with Crippen LogP contribution in [0.2, 0.25) is 0 Å². The third kappa shape index (κ3) is 6.84. The lowest BCUT2D eigenvalue weighted by Gasteiger charge is -2.30. The van der Waals surface area contributed by atoms with E-state index in [-0.39, 0.29) is 30.4 Å². The van der Waals surface area contributed by atoms with Crippen molar-refractivity contribution in [1.82, 2.24) is 19.6 Å². The summed E-state index contributed by atoms with van der Waals surface area (Å²) in [5, 5.41) is 10.5. The average molecular weight is 544 g/mol. The molecule has 0 aromatic heterocycles. The van der Waals surface area contributed by atoms with Crippen molar-refractivity contribution in [3.8, 4) is 5.75 Å². The molecule has 3 N–H and O–H groups in total. The van der Waals surface area contributed by atoms with Crippen molar-refractivity contribution in [2.45, 2.75) is 57.4 Å². The summed E-state index contributed by atoms with van der Waals surface area (Å²) in [6.45, 7) is 7.17. The van der Waals surface area contributed by atoms with Gasteiger partial charge < -0.3 is 30.3 Å². The van der Waals surface area contributed by atoms with Gasteiger partial charge in [-0.05, 0) is 49.4 Å². The highest BCUT2D eigenvalue weighted by Crippen LogP contribution is 2.41. The largest absolute Gasteiger partial charge is 0.493 e. The lowest BCUT2D eigenvalue weighted by molar-refractivity contribution is -0.144. The Kier molecular flexibility index (Phi) is 10.1. The van der Waals surface area contributed by atoms with Crippen molar-refractivity contribution < 1.29 is 24.2 Å². The van der Waals surface area contributed by atoms with Gasteiger partial charge in [0.05, 0.1) is 19.1 Å². The molecule has 10 heteroatoms. The first-order chi connectivity index (χ1) is 18.8. The van der Waals surface area contributed by atoms with Crippen LogP contribution >= 0.6 is 0 Å². The lowest BCUT2D eigenvalue weighted by Crippen LogP contribution is -2.46. The first kappa shape index (κ1) is 29.1. The van der Waals surface area contributed by atoms with Crippen molar-refractivity contribution in [2.24, 2.45) is 11.7 Å². The number of benzene rings is 1. The van der Waals surface area contributed by atoms with Crippen LogP contribution in [0.4, 0.5) is 4.79 Å². The zero-order valence-electron chi connectivity index (χ0n) is 23.5. The van der Waals surface area contributed by atoms with E-state index >= 15 is 0 Å². The molecule has 2 fully saturated rings. The Labute approximate surface area is 232 Å². The topological polar surface area (TPSA) is 120 Å². The van der Waals surface area contributed by atoms with Crippen LogP contribution in [-0.2, 0) is 16.0 Å². The molecule has 3 aliphatic rings. The number of fused-ring (bicyclic) bond motifs is 1. The van der Waals surface area contributed by atoms with E-state index in [1.807, 2.05) is 17.0 Å². The van der Waals surface area contributed by atoms with Crippen LogP contribution in [0.3, 0.4) is 0 Å². The summed E-state index contributed by atoms with van der Waals surface area (Å²) in [5.41, 5.74) is 7.78. The van der Waals surface area contributed by atoms with Gasteiger partial charge in [0.1, 0.15) is 5.75 Å². The van der Waals surface area contributed by atoms with Crippen molar-refractivity contribution >= 4 is 17.9 Å². The van der Waals surface area contributed by atoms with E-state index in [0.717, 1.165) is 49.0 Å². The van der Waals surface area contributed by atoms with Crippen LogP contribution in [0.25, 0.3) is 0 Å². The van der Waals surface area contributed by atoms with Crippen LogP contribution in [-0.4, -0.2) is 115 Å². The number of carbonyl (C=O) groups is 3. The summed E-state index contributed by atoms with van der Waals surface area (Å²) in [5.74, 6) is -0.866. The maximum Gasteiger partial charge on any atom is 0.319 e. The van der Waals surface area contributed by atoms with E-state index in [0.29, 0.717) is 58.8 Å². The second-order valence-electron chi connectivity index (χ2n) is 11.1. The number of amides is 3. The number of unbranched alkanes of at least 4 members (excludes halogenated alkanes) is 2. The number of carboxylic acid groups (broad SMARTS) is 1. The highest BCUT2D eigenvalue weighted by Gasteiger charge is 2.47. The molecule has 4 rings (SSSR count). The zero-order chi connectivity index (χ0) is 27.9. The Morgan fingerprint density at radius 2 is 1.97 bits per heavy atom. The molecular formula is C29H45N5O5. The van der Waals surface area contributed by atoms with Crippen LogP contribution in [0.1, 0.15) is 56.1 Å². The Hall–Kier alpha value is -2.85. The molecule has 0 aliphatic carbocycles. The number of nitrogens with zero attached hydrogens (tertiary/aromatic N) is 4. The predicted molar refractivity (Wildman–Crippen MR) is 149 cm³/mol. The first-order valence-corrected chi connectivity index (χ1v) is 14.5. The minimum absolute atomic E-state index is 0.0247. The molecular weight excluding hydrogens is 498 g/mol. The van der Waals surface area contributed by atoms with Crippen LogP contribution < -0.4 is 10.5 Å². The van der Waals surface area contributed by atoms with Crippen molar-refractivity contribution in [3.05, 3.63) is 29.3 Å². The normalized spacial score (nSPS) is 22.8. The first-order valence-electron chi connectivity index (χ1n) is 14.5. The molecule has 3 aliphatic heterocycles. The molecule has 3 heterocycles. The number of aliphatic carboxylic acids is 1. The van der Waals surface area contributed by atoms with E-state index in [1.165, 1.54) is 0 Å².